The summed E-state index contributed by atoms with van der Waals surface area (Å²) >= 11 is 0. The Bertz CT molecular complexity index is 310. The van der Waals surface area contributed by atoms with Crippen molar-refractivity contribution in [1.82, 2.24) is 0 Å². The summed E-state index contributed by atoms with van der Waals surface area (Å²) in [4.78, 5) is 10.1. The van der Waals surface area contributed by atoms with Gasteiger partial charge in [0.25, 0.3) is 6.47 Å². The highest BCUT2D eigenvalue weighted by molar-refractivity contribution is 5.54. The van der Waals surface area contributed by atoms with Crippen LogP contribution in [-0.2, 0) is 11.2 Å². The molecular formula is C11H15NO2. The van der Waals surface area contributed by atoms with E-state index in [0.29, 0.717) is 17.9 Å². The SMILES string of the molecule is CCCCc1ccc(OC=O)cc1N. The van der Waals surface area contributed by atoms with Crippen molar-refractivity contribution in [3.63, 3.8) is 0 Å². The van der Waals surface area contributed by atoms with E-state index in [2.05, 4.69) is 11.7 Å². The van der Waals surface area contributed by atoms with Gasteiger partial charge in [0.05, 0.1) is 0 Å². The number of hydrogen-bond donors (Lipinski definition) is 1. The lowest BCUT2D eigenvalue weighted by molar-refractivity contribution is -0.120. The highest BCUT2D eigenvalue weighted by atomic mass is 16.5. The van der Waals surface area contributed by atoms with E-state index in [4.69, 9.17) is 5.73 Å². The molecule has 0 heterocycles. The number of ether oxygens (including phenoxy) is 1. The fraction of sp³-hybridized carbons (Fsp3) is 0.364. The Kier molecular flexibility index (Phi) is 3.98. The lowest BCUT2D eigenvalue weighted by Gasteiger charge is -2.06. The lowest BCUT2D eigenvalue weighted by Crippen LogP contribution is -1.96. The lowest BCUT2D eigenvalue weighted by atomic mass is 10.1. The first-order chi connectivity index (χ1) is 6.77. The minimum Gasteiger partial charge on any atom is -0.429 e. The van der Waals surface area contributed by atoms with Crippen LogP contribution in [0.25, 0.3) is 0 Å². The minimum absolute atomic E-state index is 0.403. The van der Waals surface area contributed by atoms with E-state index in [1.54, 1.807) is 12.1 Å². The third-order valence-electron chi connectivity index (χ3n) is 2.10. The Morgan fingerprint density at radius 3 is 2.86 bits per heavy atom. The summed E-state index contributed by atoms with van der Waals surface area (Å²) in [7, 11) is 0. The molecule has 1 aromatic carbocycles. The van der Waals surface area contributed by atoms with Crippen molar-refractivity contribution in [1.29, 1.82) is 0 Å². The van der Waals surface area contributed by atoms with Crippen molar-refractivity contribution in [3.8, 4) is 5.75 Å². The van der Waals surface area contributed by atoms with Gasteiger partial charge in [-0.15, -0.1) is 0 Å². The van der Waals surface area contributed by atoms with Crippen LogP contribution in [0.1, 0.15) is 25.3 Å². The molecule has 0 unspecified atom stereocenters. The number of nitrogens with two attached hydrogens (primary N) is 1. The molecule has 1 aromatic rings. The third kappa shape index (κ3) is 2.76. The molecule has 0 aliphatic heterocycles. The van der Waals surface area contributed by atoms with Crippen LogP contribution in [0, 0.1) is 0 Å². The molecule has 3 heteroatoms. The van der Waals surface area contributed by atoms with Crippen LogP contribution in [0.2, 0.25) is 0 Å². The Morgan fingerprint density at radius 2 is 2.29 bits per heavy atom. The van der Waals surface area contributed by atoms with E-state index >= 15 is 0 Å². The second-order valence-corrected chi connectivity index (χ2v) is 3.18. The second-order valence-electron chi connectivity index (χ2n) is 3.18. The van der Waals surface area contributed by atoms with E-state index in [9.17, 15) is 4.79 Å². The largest absolute Gasteiger partial charge is 0.429 e. The summed E-state index contributed by atoms with van der Waals surface area (Å²) in [5.74, 6) is 0.498. The maximum atomic E-state index is 10.1. The van der Waals surface area contributed by atoms with Gasteiger partial charge in [0.2, 0.25) is 0 Å². The first kappa shape index (κ1) is 10.6. The van der Waals surface area contributed by atoms with E-state index in [0.717, 1.165) is 24.8 Å². The van der Waals surface area contributed by atoms with Crippen molar-refractivity contribution in [2.75, 3.05) is 5.73 Å². The maximum absolute atomic E-state index is 10.1. The monoisotopic (exact) mass is 193 g/mol. The Balaban J connectivity index is 2.73. The third-order valence-corrected chi connectivity index (χ3v) is 2.10. The molecule has 0 saturated carbocycles. The van der Waals surface area contributed by atoms with Crippen molar-refractivity contribution in [3.05, 3.63) is 23.8 Å². The van der Waals surface area contributed by atoms with E-state index in [-0.39, 0.29) is 0 Å². The van der Waals surface area contributed by atoms with Gasteiger partial charge in [-0.3, -0.25) is 4.79 Å². The quantitative estimate of drug-likeness (QED) is 0.575. The van der Waals surface area contributed by atoms with Crippen molar-refractivity contribution in [2.24, 2.45) is 0 Å². The molecule has 0 atom stereocenters. The van der Waals surface area contributed by atoms with Crippen molar-refractivity contribution >= 4 is 12.2 Å². The molecule has 0 bridgehead atoms. The Labute approximate surface area is 83.9 Å². The smallest absolute Gasteiger partial charge is 0.298 e. The van der Waals surface area contributed by atoms with Gasteiger partial charge in [-0.1, -0.05) is 19.4 Å². The molecule has 2 N–H and O–H groups in total. The summed E-state index contributed by atoms with van der Waals surface area (Å²) in [6.07, 6.45) is 3.24. The van der Waals surface area contributed by atoms with Crippen molar-refractivity contribution in [2.45, 2.75) is 26.2 Å². The molecule has 0 radical (unpaired) electrons. The Morgan fingerprint density at radius 1 is 1.50 bits per heavy atom. The average Bonchev–Trinajstić information content (AvgIpc) is 2.17. The highest BCUT2D eigenvalue weighted by Gasteiger charge is 2.00. The summed E-state index contributed by atoms with van der Waals surface area (Å²) < 4.78 is 4.69. The van der Waals surface area contributed by atoms with Crippen LogP contribution in [0.4, 0.5) is 5.69 Å². The number of benzene rings is 1. The molecule has 14 heavy (non-hydrogen) atoms. The van der Waals surface area contributed by atoms with Crippen LogP contribution >= 0.6 is 0 Å². The topological polar surface area (TPSA) is 52.3 Å². The number of anilines is 1. The average molecular weight is 193 g/mol. The van der Waals surface area contributed by atoms with Gasteiger partial charge in [-0.2, -0.15) is 0 Å². The summed E-state index contributed by atoms with van der Waals surface area (Å²) in [5.41, 5.74) is 7.60. The number of rotatable bonds is 5. The zero-order chi connectivity index (χ0) is 10.4. The summed E-state index contributed by atoms with van der Waals surface area (Å²) in [6, 6.07) is 5.35. The molecule has 0 saturated heterocycles. The maximum Gasteiger partial charge on any atom is 0.298 e. The van der Waals surface area contributed by atoms with Gasteiger partial charge in [0.15, 0.2) is 0 Å². The normalized spacial score (nSPS) is 9.79. The summed E-state index contributed by atoms with van der Waals surface area (Å²) in [5, 5.41) is 0. The molecule has 1 rings (SSSR count). The first-order valence-electron chi connectivity index (χ1n) is 4.76. The highest BCUT2D eigenvalue weighted by Crippen LogP contribution is 2.20. The Hall–Kier alpha value is -1.51. The van der Waals surface area contributed by atoms with Gasteiger partial charge in [0.1, 0.15) is 5.75 Å². The molecule has 3 nitrogen and oxygen atoms in total. The van der Waals surface area contributed by atoms with Crippen LogP contribution in [0.3, 0.4) is 0 Å². The van der Waals surface area contributed by atoms with Gasteiger partial charge in [-0.05, 0) is 24.5 Å². The van der Waals surface area contributed by atoms with Crippen LogP contribution in [0.5, 0.6) is 5.75 Å². The second kappa shape index (κ2) is 5.27. The van der Waals surface area contributed by atoms with E-state index in [1.165, 1.54) is 0 Å². The van der Waals surface area contributed by atoms with Crippen LogP contribution in [-0.4, -0.2) is 6.47 Å². The van der Waals surface area contributed by atoms with Gasteiger partial charge in [-0.25, -0.2) is 0 Å². The number of unbranched alkanes of at least 4 members (excludes halogenated alkanes) is 1. The van der Waals surface area contributed by atoms with Crippen molar-refractivity contribution < 1.29 is 9.53 Å². The molecule has 0 spiro atoms. The van der Waals surface area contributed by atoms with Gasteiger partial charge < -0.3 is 10.5 Å². The number of carbonyl (C=O) groups is 1. The standard InChI is InChI=1S/C11H15NO2/c1-2-3-4-9-5-6-10(14-8-13)7-11(9)12/h5-8H,2-4,12H2,1H3. The fourth-order valence-electron chi connectivity index (χ4n) is 1.30. The molecule has 0 fully saturated rings. The molecular weight excluding hydrogens is 178 g/mol. The number of aryl methyl sites for hydroxylation is 1. The minimum atomic E-state index is 0.403. The summed E-state index contributed by atoms with van der Waals surface area (Å²) in [6.45, 7) is 2.54. The van der Waals surface area contributed by atoms with E-state index < -0.39 is 0 Å². The van der Waals surface area contributed by atoms with Gasteiger partial charge in [0, 0.05) is 11.8 Å². The number of hydrogen-bond acceptors (Lipinski definition) is 3. The van der Waals surface area contributed by atoms with Crippen LogP contribution in [0.15, 0.2) is 18.2 Å². The fourth-order valence-corrected chi connectivity index (χ4v) is 1.30. The van der Waals surface area contributed by atoms with E-state index in [1.807, 2.05) is 6.07 Å². The molecule has 76 valence electrons. The molecule has 0 aromatic heterocycles. The molecule has 0 aliphatic rings. The molecule has 0 amide bonds. The first-order valence-corrected chi connectivity index (χ1v) is 4.76. The zero-order valence-corrected chi connectivity index (χ0v) is 8.32. The molecule has 0 aliphatic carbocycles. The zero-order valence-electron chi connectivity index (χ0n) is 8.32. The number of nitrogen functional groups attached to an aromatic ring is 1. The van der Waals surface area contributed by atoms with Gasteiger partial charge >= 0.3 is 0 Å². The number of carbonyl (C=O) groups excluding carboxylic acids is 1. The van der Waals surface area contributed by atoms with Crippen LogP contribution < -0.4 is 10.5 Å². The predicted octanol–water partition coefficient (Wildman–Crippen LogP) is 2.15. The predicted molar refractivity (Wildman–Crippen MR) is 56.2 cm³/mol.